The van der Waals surface area contributed by atoms with Crippen LogP contribution in [0.5, 0.6) is 5.75 Å². The SMILES string of the molecule is Cc1oc2c3c(ccc2c(=O)c1C)OC[C@H]1[C@@H]3N(Cc2ccccc2)OC1(C)C. The summed E-state index contributed by atoms with van der Waals surface area (Å²) in [5.41, 5.74) is 2.98. The fourth-order valence-corrected chi connectivity index (χ4v) is 4.59. The Kier molecular flexibility index (Phi) is 4.09. The van der Waals surface area contributed by atoms with E-state index in [0.29, 0.717) is 35.4 Å². The standard InChI is InChI=1S/C24H25NO4/c1-14-15(2)28-23-17(22(14)26)10-11-19-20(23)21-18(13-27-19)24(3,4)29-25(21)12-16-8-6-5-7-9-16/h5-11,18,21H,12-13H2,1-4H3/t18-,21-/m0/s1. The summed E-state index contributed by atoms with van der Waals surface area (Å²) in [4.78, 5) is 19.3. The maximum absolute atomic E-state index is 12.9. The zero-order chi connectivity index (χ0) is 20.3. The Bertz CT molecular complexity index is 1150. The molecule has 0 bridgehead atoms. The molecule has 0 unspecified atom stereocenters. The molecule has 3 heterocycles. The van der Waals surface area contributed by atoms with Crippen LogP contribution in [0.3, 0.4) is 0 Å². The number of aryl methyl sites for hydroxylation is 1. The highest BCUT2D eigenvalue weighted by molar-refractivity contribution is 5.83. The Hall–Kier alpha value is -2.63. The van der Waals surface area contributed by atoms with E-state index in [0.717, 1.165) is 11.3 Å². The van der Waals surface area contributed by atoms with Gasteiger partial charge in [-0.05, 0) is 45.4 Å². The molecule has 0 aliphatic carbocycles. The topological polar surface area (TPSA) is 51.9 Å². The van der Waals surface area contributed by atoms with E-state index in [1.807, 2.05) is 49.2 Å². The second-order valence-electron chi connectivity index (χ2n) is 8.58. The van der Waals surface area contributed by atoms with Gasteiger partial charge in [0.05, 0.1) is 29.2 Å². The summed E-state index contributed by atoms with van der Waals surface area (Å²) >= 11 is 0. The number of nitrogens with zero attached hydrogens (tertiary/aromatic N) is 1. The molecule has 29 heavy (non-hydrogen) atoms. The minimum atomic E-state index is -0.390. The molecule has 1 fully saturated rings. The van der Waals surface area contributed by atoms with E-state index in [9.17, 15) is 4.79 Å². The van der Waals surface area contributed by atoms with E-state index in [4.69, 9.17) is 14.0 Å². The van der Waals surface area contributed by atoms with Crippen molar-refractivity contribution in [3.8, 4) is 5.75 Å². The van der Waals surface area contributed by atoms with Gasteiger partial charge in [0, 0.05) is 18.0 Å². The maximum atomic E-state index is 12.9. The van der Waals surface area contributed by atoms with Gasteiger partial charge >= 0.3 is 0 Å². The fraction of sp³-hybridized carbons (Fsp3) is 0.375. The molecule has 0 radical (unpaired) electrons. The van der Waals surface area contributed by atoms with Gasteiger partial charge in [0.2, 0.25) is 0 Å². The van der Waals surface area contributed by atoms with Gasteiger partial charge in [-0.2, -0.15) is 5.06 Å². The van der Waals surface area contributed by atoms with Crippen LogP contribution in [0.25, 0.3) is 11.0 Å². The Morgan fingerprint density at radius 1 is 1.10 bits per heavy atom. The van der Waals surface area contributed by atoms with Gasteiger partial charge in [0.25, 0.3) is 0 Å². The smallest absolute Gasteiger partial charge is 0.195 e. The van der Waals surface area contributed by atoms with Crippen LogP contribution in [0.4, 0.5) is 0 Å². The Morgan fingerprint density at radius 2 is 1.86 bits per heavy atom. The molecule has 3 aromatic rings. The molecule has 0 amide bonds. The molecule has 5 nitrogen and oxygen atoms in total. The van der Waals surface area contributed by atoms with Gasteiger partial charge in [-0.25, -0.2) is 0 Å². The molecular weight excluding hydrogens is 366 g/mol. The lowest BCUT2D eigenvalue weighted by Crippen LogP contribution is -2.37. The van der Waals surface area contributed by atoms with Crippen LogP contribution in [0, 0.1) is 19.8 Å². The van der Waals surface area contributed by atoms with Crippen molar-refractivity contribution in [2.45, 2.75) is 45.9 Å². The average Bonchev–Trinajstić information content (AvgIpc) is 2.96. The van der Waals surface area contributed by atoms with Gasteiger partial charge in [-0.1, -0.05) is 30.3 Å². The molecule has 0 saturated carbocycles. The van der Waals surface area contributed by atoms with E-state index in [2.05, 4.69) is 26.0 Å². The van der Waals surface area contributed by atoms with Crippen molar-refractivity contribution in [3.63, 3.8) is 0 Å². The third kappa shape index (κ3) is 2.80. The molecule has 2 atom stereocenters. The van der Waals surface area contributed by atoms with E-state index in [-0.39, 0.29) is 23.0 Å². The number of benzene rings is 2. The van der Waals surface area contributed by atoms with E-state index >= 15 is 0 Å². The third-order valence-electron chi connectivity index (χ3n) is 6.36. The minimum absolute atomic E-state index is 0.0152. The Labute approximate surface area is 169 Å². The van der Waals surface area contributed by atoms with Crippen LogP contribution in [0.2, 0.25) is 0 Å². The quantitative estimate of drug-likeness (QED) is 0.635. The summed E-state index contributed by atoms with van der Waals surface area (Å²) in [5.74, 6) is 1.53. The predicted octanol–water partition coefficient (Wildman–Crippen LogP) is 4.69. The second kappa shape index (κ2) is 6.44. The molecule has 2 aliphatic heterocycles. The van der Waals surface area contributed by atoms with Crippen molar-refractivity contribution in [1.29, 1.82) is 0 Å². The first-order chi connectivity index (χ1) is 13.9. The summed E-state index contributed by atoms with van der Waals surface area (Å²) in [7, 11) is 0. The molecule has 5 rings (SSSR count). The van der Waals surface area contributed by atoms with Crippen molar-refractivity contribution in [2.75, 3.05) is 6.61 Å². The molecule has 2 aromatic carbocycles. The lowest BCUT2D eigenvalue weighted by Gasteiger charge is -2.33. The van der Waals surface area contributed by atoms with Crippen LogP contribution in [0.1, 0.15) is 42.3 Å². The molecular formula is C24H25NO4. The molecule has 5 heteroatoms. The highest BCUT2D eigenvalue weighted by Gasteiger charge is 2.53. The summed E-state index contributed by atoms with van der Waals surface area (Å²) in [6.45, 7) is 9.06. The number of hydrogen-bond acceptors (Lipinski definition) is 5. The van der Waals surface area contributed by atoms with Crippen molar-refractivity contribution in [1.82, 2.24) is 5.06 Å². The van der Waals surface area contributed by atoms with Gasteiger partial charge in [0.15, 0.2) is 5.43 Å². The number of hydroxylamine groups is 2. The van der Waals surface area contributed by atoms with Crippen molar-refractivity contribution in [3.05, 3.63) is 75.1 Å². The zero-order valence-electron chi connectivity index (χ0n) is 17.2. The molecule has 0 N–H and O–H groups in total. The highest BCUT2D eigenvalue weighted by Crippen LogP contribution is 2.52. The molecule has 0 spiro atoms. The number of fused-ring (bicyclic) bond motifs is 5. The number of hydrogen-bond donors (Lipinski definition) is 0. The van der Waals surface area contributed by atoms with Gasteiger partial charge in [0.1, 0.15) is 17.1 Å². The lowest BCUT2D eigenvalue weighted by molar-refractivity contribution is -0.201. The summed E-state index contributed by atoms with van der Waals surface area (Å²) in [5, 5.41) is 2.64. The second-order valence-corrected chi connectivity index (χ2v) is 8.58. The Balaban J connectivity index is 1.71. The molecule has 150 valence electrons. The first kappa shape index (κ1) is 18.4. The maximum Gasteiger partial charge on any atom is 0.195 e. The number of ether oxygens (including phenoxy) is 1. The summed E-state index contributed by atoms with van der Waals surface area (Å²) in [6, 6.07) is 13.9. The first-order valence-corrected chi connectivity index (χ1v) is 10.1. The van der Waals surface area contributed by atoms with Crippen molar-refractivity contribution >= 4 is 11.0 Å². The van der Waals surface area contributed by atoms with Gasteiger partial charge in [-0.15, -0.1) is 0 Å². The largest absolute Gasteiger partial charge is 0.493 e. The third-order valence-corrected chi connectivity index (χ3v) is 6.36. The Morgan fingerprint density at radius 3 is 2.62 bits per heavy atom. The van der Waals surface area contributed by atoms with Crippen molar-refractivity contribution < 1.29 is 14.0 Å². The minimum Gasteiger partial charge on any atom is -0.493 e. The first-order valence-electron chi connectivity index (χ1n) is 10.1. The molecule has 1 aromatic heterocycles. The fourth-order valence-electron chi connectivity index (χ4n) is 4.59. The number of rotatable bonds is 2. The van der Waals surface area contributed by atoms with E-state index < -0.39 is 0 Å². The van der Waals surface area contributed by atoms with Crippen LogP contribution in [0.15, 0.2) is 51.7 Å². The normalized spacial score (nSPS) is 22.9. The lowest BCUT2D eigenvalue weighted by atomic mass is 9.80. The van der Waals surface area contributed by atoms with E-state index in [1.165, 1.54) is 5.56 Å². The van der Waals surface area contributed by atoms with Crippen LogP contribution in [-0.4, -0.2) is 17.3 Å². The molecule has 1 saturated heterocycles. The van der Waals surface area contributed by atoms with Gasteiger partial charge < -0.3 is 9.15 Å². The van der Waals surface area contributed by atoms with Crippen LogP contribution in [-0.2, 0) is 11.4 Å². The van der Waals surface area contributed by atoms with E-state index in [1.54, 1.807) is 0 Å². The van der Waals surface area contributed by atoms with Crippen LogP contribution >= 0.6 is 0 Å². The summed E-state index contributed by atoms with van der Waals surface area (Å²) < 4.78 is 12.3. The monoisotopic (exact) mass is 391 g/mol. The predicted molar refractivity (Wildman–Crippen MR) is 111 cm³/mol. The van der Waals surface area contributed by atoms with Crippen molar-refractivity contribution in [2.24, 2.45) is 5.92 Å². The van der Waals surface area contributed by atoms with Gasteiger partial charge in [-0.3, -0.25) is 9.63 Å². The molecule has 2 aliphatic rings. The zero-order valence-corrected chi connectivity index (χ0v) is 17.2. The average molecular weight is 391 g/mol. The summed E-state index contributed by atoms with van der Waals surface area (Å²) in [6.07, 6.45) is 0. The van der Waals surface area contributed by atoms with Crippen LogP contribution < -0.4 is 10.2 Å². The highest BCUT2D eigenvalue weighted by atomic mass is 16.7.